The molecule has 0 saturated carbocycles. The number of imide groups is 1. The Labute approximate surface area is 132 Å². The van der Waals surface area contributed by atoms with Crippen molar-refractivity contribution in [2.24, 2.45) is 11.8 Å². The van der Waals surface area contributed by atoms with Crippen LogP contribution in [0.2, 0.25) is 0 Å². The Kier molecular flexibility index (Phi) is 2.86. The number of carbonyl (C=O) groups excluding carboxylic acids is 3. The third-order valence-corrected chi connectivity index (χ3v) is 4.93. The molecule has 6 nitrogen and oxygen atoms in total. The molecule has 118 valence electrons. The van der Waals surface area contributed by atoms with Gasteiger partial charge in [0, 0.05) is 5.56 Å². The number of carbonyl (C=O) groups is 3. The minimum absolute atomic E-state index is 0.0811. The number of ether oxygens (including phenoxy) is 1. The summed E-state index contributed by atoms with van der Waals surface area (Å²) in [7, 11) is 0. The molecule has 2 saturated heterocycles. The second-order valence-corrected chi connectivity index (χ2v) is 6.17. The molecular weight excluding hydrogens is 298 g/mol. The number of fused-ring (bicyclic) bond motifs is 5. The van der Waals surface area contributed by atoms with E-state index in [1.165, 1.54) is 6.92 Å². The number of Topliss-reactive ketones (excluding diaryl/α,β-unsaturated/α-hetero) is 1. The molecule has 0 aliphatic carbocycles. The molecule has 0 unspecified atom stereocenters. The van der Waals surface area contributed by atoms with Crippen LogP contribution >= 0.6 is 0 Å². The van der Waals surface area contributed by atoms with Crippen molar-refractivity contribution in [3.8, 4) is 0 Å². The van der Waals surface area contributed by atoms with Crippen LogP contribution in [0.1, 0.15) is 17.3 Å². The first-order valence-corrected chi connectivity index (χ1v) is 7.45. The smallest absolute Gasteiger partial charge is 0.241 e. The van der Waals surface area contributed by atoms with Gasteiger partial charge in [0.2, 0.25) is 11.8 Å². The Balaban J connectivity index is 1.72. The van der Waals surface area contributed by atoms with E-state index in [0.29, 0.717) is 11.3 Å². The van der Waals surface area contributed by atoms with Crippen molar-refractivity contribution in [3.05, 3.63) is 42.0 Å². The number of hydrogen-bond donors (Lipinski definition) is 1. The molecule has 1 aromatic rings. The maximum atomic E-state index is 12.8. The fourth-order valence-electron chi connectivity index (χ4n) is 3.78. The van der Waals surface area contributed by atoms with Crippen molar-refractivity contribution in [1.82, 2.24) is 0 Å². The third kappa shape index (κ3) is 1.73. The normalized spacial score (nSPS) is 34.3. The molecule has 1 aromatic carbocycles. The maximum Gasteiger partial charge on any atom is 0.241 e. The molecule has 0 aromatic heterocycles. The van der Waals surface area contributed by atoms with Crippen LogP contribution in [-0.2, 0) is 14.3 Å². The van der Waals surface area contributed by atoms with Crippen LogP contribution in [0.5, 0.6) is 0 Å². The number of nitrogens with zero attached hydrogens (tertiary/aromatic N) is 1. The van der Waals surface area contributed by atoms with Crippen molar-refractivity contribution in [3.63, 3.8) is 0 Å². The summed E-state index contributed by atoms with van der Waals surface area (Å²) in [6.07, 6.45) is 2.96. The van der Waals surface area contributed by atoms with Crippen LogP contribution in [0.3, 0.4) is 0 Å². The summed E-state index contributed by atoms with van der Waals surface area (Å²) < 4.78 is 5.68. The SMILES string of the molecule is CC(=O)c1ccc(N2C(=O)[C@H]3[C@@H]4C=C[C@](CO)(O4)[C@H]3C2=O)cc1. The highest BCUT2D eigenvalue weighted by molar-refractivity contribution is 6.23. The number of aliphatic hydroxyl groups excluding tert-OH is 1. The van der Waals surface area contributed by atoms with E-state index < -0.39 is 23.5 Å². The summed E-state index contributed by atoms with van der Waals surface area (Å²) in [5.41, 5.74) is -0.132. The molecule has 3 aliphatic heterocycles. The van der Waals surface area contributed by atoms with Gasteiger partial charge >= 0.3 is 0 Å². The largest absolute Gasteiger partial charge is 0.393 e. The lowest BCUT2D eigenvalue weighted by atomic mass is 9.77. The van der Waals surface area contributed by atoms with E-state index in [4.69, 9.17) is 4.74 Å². The van der Waals surface area contributed by atoms with Gasteiger partial charge in [-0.2, -0.15) is 0 Å². The lowest BCUT2D eigenvalue weighted by Gasteiger charge is -2.26. The molecule has 0 spiro atoms. The maximum absolute atomic E-state index is 12.8. The highest BCUT2D eigenvalue weighted by atomic mass is 16.5. The van der Waals surface area contributed by atoms with Gasteiger partial charge in [-0.15, -0.1) is 0 Å². The van der Waals surface area contributed by atoms with Gasteiger partial charge in [-0.05, 0) is 31.2 Å². The summed E-state index contributed by atoms with van der Waals surface area (Å²) in [4.78, 5) is 38.0. The molecule has 3 heterocycles. The average Bonchev–Trinajstić information content (AvgIpc) is 3.19. The molecule has 2 fully saturated rings. The summed E-state index contributed by atoms with van der Waals surface area (Å²) in [5, 5.41) is 9.65. The van der Waals surface area contributed by atoms with Gasteiger partial charge in [0.1, 0.15) is 5.60 Å². The number of rotatable bonds is 3. The lowest BCUT2D eigenvalue weighted by molar-refractivity contribution is -0.128. The minimum atomic E-state index is -1.09. The first kappa shape index (κ1) is 14.3. The third-order valence-electron chi connectivity index (χ3n) is 4.93. The summed E-state index contributed by atoms with van der Waals surface area (Å²) in [6.45, 7) is 1.12. The Hall–Kier alpha value is -2.31. The Morgan fingerprint density at radius 2 is 1.96 bits per heavy atom. The quantitative estimate of drug-likeness (QED) is 0.504. The average molecular weight is 313 g/mol. The topological polar surface area (TPSA) is 83.9 Å². The van der Waals surface area contributed by atoms with Crippen molar-refractivity contribution in [2.75, 3.05) is 11.5 Å². The molecule has 1 N–H and O–H groups in total. The van der Waals surface area contributed by atoms with Crippen LogP contribution in [-0.4, -0.2) is 41.0 Å². The van der Waals surface area contributed by atoms with Crippen LogP contribution in [0.25, 0.3) is 0 Å². The number of anilines is 1. The van der Waals surface area contributed by atoms with Crippen molar-refractivity contribution < 1.29 is 24.2 Å². The van der Waals surface area contributed by atoms with Crippen LogP contribution in [0.4, 0.5) is 5.69 Å². The van der Waals surface area contributed by atoms with Crippen molar-refractivity contribution in [2.45, 2.75) is 18.6 Å². The van der Waals surface area contributed by atoms with Gasteiger partial charge in [-0.3, -0.25) is 14.4 Å². The highest BCUT2D eigenvalue weighted by Gasteiger charge is 2.67. The molecule has 3 aliphatic rings. The molecule has 23 heavy (non-hydrogen) atoms. The minimum Gasteiger partial charge on any atom is -0.393 e. The summed E-state index contributed by atoms with van der Waals surface area (Å²) >= 11 is 0. The number of ketones is 1. The van der Waals surface area contributed by atoms with Gasteiger partial charge in [-0.1, -0.05) is 12.2 Å². The number of aliphatic hydroxyl groups is 1. The Morgan fingerprint density at radius 3 is 2.57 bits per heavy atom. The second kappa shape index (κ2) is 4.59. The summed E-state index contributed by atoms with van der Waals surface area (Å²) in [6, 6.07) is 6.37. The van der Waals surface area contributed by atoms with Gasteiger partial charge < -0.3 is 9.84 Å². The lowest BCUT2D eigenvalue weighted by Crippen LogP contribution is -2.43. The zero-order valence-electron chi connectivity index (χ0n) is 12.4. The summed E-state index contributed by atoms with van der Waals surface area (Å²) in [5.74, 6) is -2.05. The number of amides is 2. The highest BCUT2D eigenvalue weighted by Crippen LogP contribution is 2.52. The van der Waals surface area contributed by atoms with Crippen LogP contribution in [0, 0.1) is 11.8 Å². The molecule has 6 heteroatoms. The molecular formula is C17H15NO5. The zero-order chi connectivity index (χ0) is 16.4. The predicted octanol–water partition coefficient (Wildman–Crippen LogP) is 0.694. The zero-order valence-corrected chi connectivity index (χ0v) is 12.4. The monoisotopic (exact) mass is 313 g/mol. The molecule has 4 atom stereocenters. The van der Waals surface area contributed by atoms with E-state index in [1.807, 2.05) is 0 Å². The first-order chi connectivity index (χ1) is 11.0. The molecule has 2 amide bonds. The van der Waals surface area contributed by atoms with Gasteiger partial charge in [-0.25, -0.2) is 4.90 Å². The van der Waals surface area contributed by atoms with Crippen LogP contribution in [0.15, 0.2) is 36.4 Å². The standard InChI is InChI=1S/C17H15NO5/c1-9(20)10-2-4-11(5-3-10)18-15(21)13-12-6-7-17(8-19,23-12)14(13)16(18)22/h2-7,12-14,19H,8H2,1H3/t12-,13-,14+,17+/m0/s1. The number of hydrogen-bond acceptors (Lipinski definition) is 5. The molecule has 0 radical (unpaired) electrons. The fourth-order valence-corrected chi connectivity index (χ4v) is 3.78. The second-order valence-electron chi connectivity index (χ2n) is 6.17. The molecule has 4 rings (SSSR count). The van der Waals surface area contributed by atoms with Gasteiger partial charge in [0.25, 0.3) is 0 Å². The van der Waals surface area contributed by atoms with E-state index in [1.54, 1.807) is 36.4 Å². The Bertz CT molecular complexity index is 753. The Morgan fingerprint density at radius 1 is 1.26 bits per heavy atom. The molecule has 2 bridgehead atoms. The van der Waals surface area contributed by atoms with E-state index >= 15 is 0 Å². The van der Waals surface area contributed by atoms with Gasteiger partial charge in [0.15, 0.2) is 5.78 Å². The van der Waals surface area contributed by atoms with Crippen molar-refractivity contribution >= 4 is 23.3 Å². The van der Waals surface area contributed by atoms with Crippen molar-refractivity contribution in [1.29, 1.82) is 0 Å². The predicted molar refractivity (Wildman–Crippen MR) is 79.7 cm³/mol. The van der Waals surface area contributed by atoms with Gasteiger partial charge in [0.05, 0.1) is 30.2 Å². The van der Waals surface area contributed by atoms with E-state index in [-0.39, 0.29) is 24.2 Å². The van der Waals surface area contributed by atoms with E-state index in [2.05, 4.69) is 0 Å². The fraction of sp³-hybridized carbons (Fsp3) is 0.353. The van der Waals surface area contributed by atoms with E-state index in [9.17, 15) is 19.5 Å². The van der Waals surface area contributed by atoms with Crippen LogP contribution < -0.4 is 4.90 Å². The first-order valence-electron chi connectivity index (χ1n) is 7.45. The number of benzene rings is 1. The van der Waals surface area contributed by atoms with E-state index in [0.717, 1.165) is 4.90 Å².